The maximum absolute atomic E-state index is 12.3. The highest BCUT2D eigenvalue weighted by Crippen LogP contribution is 2.47. The zero-order valence-electron chi connectivity index (χ0n) is 13.3. The van der Waals surface area contributed by atoms with Gasteiger partial charge < -0.3 is 13.9 Å². The van der Waals surface area contributed by atoms with E-state index < -0.39 is 23.8 Å². The molecule has 2 atom stereocenters. The summed E-state index contributed by atoms with van der Waals surface area (Å²) in [5.41, 5.74) is 1.81. The normalized spacial score (nSPS) is 20.1. The third-order valence-electron chi connectivity index (χ3n) is 4.68. The number of fused-ring (bicyclic) bond motifs is 5. The number of thiophene rings is 1. The lowest BCUT2D eigenvalue weighted by atomic mass is 9.79. The van der Waals surface area contributed by atoms with Crippen molar-refractivity contribution in [1.82, 2.24) is 0 Å². The van der Waals surface area contributed by atoms with Crippen molar-refractivity contribution in [3.05, 3.63) is 35.6 Å². The van der Waals surface area contributed by atoms with Crippen molar-refractivity contribution in [3.8, 4) is 0 Å². The number of esters is 2. The molecule has 4 rings (SSSR count). The molecule has 6 heteroatoms. The molecular formula is C18H16O5S. The molecule has 0 amide bonds. The van der Waals surface area contributed by atoms with Crippen LogP contribution in [0.2, 0.25) is 0 Å². The van der Waals surface area contributed by atoms with Crippen molar-refractivity contribution in [2.24, 2.45) is 5.92 Å². The zero-order chi connectivity index (χ0) is 16.8. The average Bonchev–Trinajstić information content (AvgIpc) is 3.15. The van der Waals surface area contributed by atoms with Gasteiger partial charge in [-0.2, -0.15) is 0 Å². The molecule has 0 fully saturated rings. The number of aryl methyl sites for hydroxylation is 1. The van der Waals surface area contributed by atoms with E-state index in [1.807, 2.05) is 18.2 Å². The highest BCUT2D eigenvalue weighted by molar-refractivity contribution is 7.25. The van der Waals surface area contributed by atoms with E-state index in [-0.39, 0.29) is 0 Å². The zero-order valence-corrected chi connectivity index (χ0v) is 14.1. The molecule has 24 heavy (non-hydrogen) atoms. The van der Waals surface area contributed by atoms with Crippen LogP contribution >= 0.6 is 11.3 Å². The van der Waals surface area contributed by atoms with Crippen LogP contribution in [0, 0.1) is 5.92 Å². The maximum atomic E-state index is 12.3. The van der Waals surface area contributed by atoms with E-state index in [1.165, 1.54) is 14.2 Å². The molecule has 1 aliphatic rings. The predicted molar refractivity (Wildman–Crippen MR) is 90.2 cm³/mol. The van der Waals surface area contributed by atoms with Crippen molar-refractivity contribution in [2.45, 2.75) is 18.8 Å². The Kier molecular flexibility index (Phi) is 3.57. The van der Waals surface area contributed by atoms with Crippen molar-refractivity contribution < 1.29 is 23.5 Å². The number of ether oxygens (including phenoxy) is 2. The summed E-state index contributed by atoms with van der Waals surface area (Å²) in [5, 5.41) is 1.03. The van der Waals surface area contributed by atoms with Gasteiger partial charge >= 0.3 is 11.9 Å². The Morgan fingerprint density at radius 1 is 1.17 bits per heavy atom. The van der Waals surface area contributed by atoms with Gasteiger partial charge in [0.1, 0.15) is 11.7 Å². The Bertz CT molecular complexity index is 951. The van der Waals surface area contributed by atoms with Crippen LogP contribution in [-0.4, -0.2) is 26.2 Å². The fourth-order valence-electron chi connectivity index (χ4n) is 3.55. The van der Waals surface area contributed by atoms with E-state index in [1.54, 1.807) is 11.3 Å². The summed E-state index contributed by atoms with van der Waals surface area (Å²) in [6, 6.07) is 8.02. The molecule has 2 heterocycles. The highest BCUT2D eigenvalue weighted by Gasteiger charge is 2.44. The van der Waals surface area contributed by atoms with Gasteiger partial charge in [0.25, 0.3) is 0 Å². The summed E-state index contributed by atoms with van der Waals surface area (Å²) < 4.78 is 18.1. The number of carbonyl (C=O) groups is 2. The van der Waals surface area contributed by atoms with Gasteiger partial charge in [-0.15, -0.1) is 11.3 Å². The van der Waals surface area contributed by atoms with E-state index in [2.05, 4.69) is 6.07 Å². The van der Waals surface area contributed by atoms with Crippen LogP contribution in [-0.2, 0) is 25.5 Å². The van der Waals surface area contributed by atoms with E-state index in [9.17, 15) is 9.59 Å². The largest absolute Gasteiger partial charge is 0.469 e. The second kappa shape index (κ2) is 5.63. The summed E-state index contributed by atoms with van der Waals surface area (Å²) in [6.07, 6.45) is 1.23. The quantitative estimate of drug-likeness (QED) is 0.664. The van der Waals surface area contributed by atoms with Gasteiger partial charge in [0.05, 0.1) is 24.8 Å². The molecule has 0 aliphatic heterocycles. The van der Waals surface area contributed by atoms with Gasteiger partial charge in [0.15, 0.2) is 5.58 Å². The topological polar surface area (TPSA) is 65.7 Å². The van der Waals surface area contributed by atoms with Gasteiger partial charge in [-0.05, 0) is 25.0 Å². The van der Waals surface area contributed by atoms with Crippen LogP contribution < -0.4 is 0 Å². The first-order valence-electron chi connectivity index (χ1n) is 7.74. The molecule has 0 bridgehead atoms. The molecule has 0 radical (unpaired) electrons. The third-order valence-corrected chi connectivity index (χ3v) is 5.89. The SMILES string of the molecule is COC(=O)[C@@H]1c2oc3c(sc4ccccc43)c2CC[C@H]1C(=O)OC. The Morgan fingerprint density at radius 2 is 1.92 bits per heavy atom. The van der Waals surface area contributed by atoms with E-state index in [4.69, 9.17) is 13.9 Å². The predicted octanol–water partition coefficient (Wildman–Crippen LogP) is 3.64. The molecule has 5 nitrogen and oxygen atoms in total. The van der Waals surface area contributed by atoms with E-state index in [0.717, 1.165) is 25.9 Å². The van der Waals surface area contributed by atoms with E-state index in [0.29, 0.717) is 18.6 Å². The molecule has 3 aromatic rings. The smallest absolute Gasteiger partial charge is 0.317 e. The van der Waals surface area contributed by atoms with Crippen LogP contribution in [0.4, 0.5) is 0 Å². The van der Waals surface area contributed by atoms with Crippen LogP contribution in [0.3, 0.4) is 0 Å². The summed E-state index contributed by atoms with van der Waals surface area (Å²) in [5.74, 6) is -1.63. The van der Waals surface area contributed by atoms with Gasteiger partial charge in [-0.3, -0.25) is 9.59 Å². The first-order chi connectivity index (χ1) is 11.7. The van der Waals surface area contributed by atoms with Crippen LogP contribution in [0.1, 0.15) is 23.7 Å². The van der Waals surface area contributed by atoms with Crippen LogP contribution in [0.25, 0.3) is 20.4 Å². The minimum absolute atomic E-state index is 0.402. The summed E-state index contributed by atoms with van der Waals surface area (Å²) >= 11 is 1.66. The minimum atomic E-state index is -0.746. The number of carbonyl (C=O) groups excluding carboxylic acids is 2. The fraction of sp³-hybridized carbons (Fsp3) is 0.333. The summed E-state index contributed by atoms with van der Waals surface area (Å²) in [6.45, 7) is 0. The standard InChI is InChI=1S/C18H16O5S/c1-21-17(19)10-7-8-11-14(13(10)18(20)22-2)23-15-9-5-3-4-6-12(9)24-16(11)15/h3-6,10,13H,7-8H2,1-2H3/t10-,13+/m1/s1. The highest BCUT2D eigenvalue weighted by atomic mass is 32.1. The van der Waals surface area contributed by atoms with Crippen molar-refractivity contribution in [3.63, 3.8) is 0 Å². The summed E-state index contributed by atoms with van der Waals surface area (Å²) in [4.78, 5) is 24.4. The van der Waals surface area contributed by atoms with Crippen molar-refractivity contribution >= 4 is 43.6 Å². The van der Waals surface area contributed by atoms with Crippen LogP contribution in [0.5, 0.6) is 0 Å². The number of rotatable bonds is 2. The molecule has 0 unspecified atom stereocenters. The molecule has 1 aliphatic carbocycles. The van der Waals surface area contributed by atoms with Gasteiger partial charge in [-0.1, -0.05) is 12.1 Å². The van der Waals surface area contributed by atoms with Crippen molar-refractivity contribution in [1.29, 1.82) is 0 Å². The van der Waals surface area contributed by atoms with Gasteiger partial charge in [0.2, 0.25) is 0 Å². The van der Waals surface area contributed by atoms with Crippen LogP contribution in [0.15, 0.2) is 28.7 Å². The Morgan fingerprint density at radius 3 is 2.67 bits per heavy atom. The molecule has 2 aromatic heterocycles. The number of methoxy groups -OCH3 is 2. The lowest BCUT2D eigenvalue weighted by molar-refractivity contribution is -0.155. The number of hydrogen-bond donors (Lipinski definition) is 0. The third kappa shape index (κ3) is 2.06. The van der Waals surface area contributed by atoms with E-state index >= 15 is 0 Å². The van der Waals surface area contributed by atoms with Gasteiger partial charge in [-0.25, -0.2) is 0 Å². The average molecular weight is 344 g/mol. The Hall–Kier alpha value is -2.34. The minimum Gasteiger partial charge on any atom is -0.469 e. The lowest BCUT2D eigenvalue weighted by Crippen LogP contribution is -2.33. The van der Waals surface area contributed by atoms with Crippen molar-refractivity contribution in [2.75, 3.05) is 14.2 Å². The second-order valence-corrected chi connectivity index (χ2v) is 6.92. The number of benzene rings is 1. The fourth-order valence-corrected chi connectivity index (χ4v) is 4.75. The molecule has 0 N–H and O–H groups in total. The Balaban J connectivity index is 1.93. The first kappa shape index (κ1) is 15.2. The maximum Gasteiger partial charge on any atom is 0.317 e. The first-order valence-corrected chi connectivity index (χ1v) is 8.55. The number of furan rings is 1. The molecule has 0 saturated heterocycles. The Labute approximate surface area is 142 Å². The molecule has 0 spiro atoms. The molecule has 124 valence electrons. The second-order valence-electron chi connectivity index (χ2n) is 5.87. The molecule has 1 aromatic carbocycles. The monoisotopic (exact) mass is 344 g/mol. The molecular weight excluding hydrogens is 328 g/mol. The number of hydrogen-bond acceptors (Lipinski definition) is 6. The lowest BCUT2D eigenvalue weighted by Gasteiger charge is -2.26. The molecule has 0 saturated carbocycles. The van der Waals surface area contributed by atoms with Gasteiger partial charge in [0, 0.05) is 15.6 Å². The summed E-state index contributed by atoms with van der Waals surface area (Å²) in [7, 11) is 2.66.